The monoisotopic (exact) mass is 145 g/mol. The minimum Gasteiger partial charge on any atom is -0.233 e. The summed E-state index contributed by atoms with van der Waals surface area (Å²) in [7, 11) is -0.920. The van der Waals surface area contributed by atoms with Crippen LogP contribution in [0.15, 0.2) is 0 Å². The second-order valence-electron chi connectivity index (χ2n) is 3.91. The van der Waals surface area contributed by atoms with Crippen molar-refractivity contribution in [2.75, 3.05) is 0 Å². The van der Waals surface area contributed by atoms with Crippen molar-refractivity contribution < 1.29 is 5.11 Å². The summed E-state index contributed by atoms with van der Waals surface area (Å²) in [6.45, 7) is 8.65. The molecule has 1 radical (unpaired) electrons. The maximum Gasteiger partial charge on any atom is 0.0899 e. The van der Waals surface area contributed by atoms with Crippen molar-refractivity contribution in [1.82, 2.24) is 0 Å². The summed E-state index contributed by atoms with van der Waals surface area (Å²) in [6, 6.07) is 1.18. The van der Waals surface area contributed by atoms with E-state index in [4.69, 9.17) is 0 Å². The lowest BCUT2D eigenvalue weighted by molar-refractivity contribution is 0.102. The van der Waals surface area contributed by atoms with Crippen LogP contribution in [0.5, 0.6) is 0 Å². The van der Waals surface area contributed by atoms with Gasteiger partial charge in [-0.25, -0.2) is 5.11 Å². The zero-order chi connectivity index (χ0) is 7.49. The Balaban J connectivity index is 3.28. The van der Waals surface area contributed by atoms with Gasteiger partial charge in [0.05, 0.1) is 6.10 Å². The molecule has 0 amide bonds. The molecule has 0 aliphatic rings. The Hall–Kier alpha value is 0.177. The number of hydrogen-bond acceptors (Lipinski definition) is 0. The van der Waals surface area contributed by atoms with Crippen LogP contribution in [0.3, 0.4) is 0 Å². The van der Waals surface area contributed by atoms with Gasteiger partial charge in [-0.1, -0.05) is 25.7 Å². The van der Waals surface area contributed by atoms with Crippen LogP contribution in [-0.2, 0) is 5.11 Å². The van der Waals surface area contributed by atoms with E-state index in [1.807, 2.05) is 0 Å². The highest BCUT2D eigenvalue weighted by Gasteiger charge is 2.13. The maximum absolute atomic E-state index is 10.6. The summed E-state index contributed by atoms with van der Waals surface area (Å²) in [5, 5.41) is 10.6. The molecule has 0 bridgehead atoms. The van der Waals surface area contributed by atoms with Gasteiger partial charge in [0, 0.05) is 8.07 Å². The molecule has 2 heteroatoms. The smallest absolute Gasteiger partial charge is 0.0899 e. The fraction of sp³-hybridized carbons (Fsp3) is 1.00. The largest absolute Gasteiger partial charge is 0.233 e. The predicted octanol–water partition coefficient (Wildman–Crippen LogP) is 2.53. The average Bonchev–Trinajstić information content (AvgIpc) is 1.59. The summed E-state index contributed by atoms with van der Waals surface area (Å²) in [6.07, 6.45) is 0.521. The van der Waals surface area contributed by atoms with E-state index in [1.165, 1.54) is 6.04 Å². The first-order chi connectivity index (χ1) is 3.92. The van der Waals surface area contributed by atoms with Gasteiger partial charge in [-0.2, -0.15) is 0 Å². The van der Waals surface area contributed by atoms with Crippen molar-refractivity contribution in [2.45, 2.75) is 45.1 Å². The Labute approximate surface area is 59.1 Å². The molecule has 0 aromatic heterocycles. The van der Waals surface area contributed by atoms with Crippen molar-refractivity contribution in [3.05, 3.63) is 0 Å². The van der Waals surface area contributed by atoms with Gasteiger partial charge in [0.1, 0.15) is 0 Å². The summed E-state index contributed by atoms with van der Waals surface area (Å²) < 4.78 is 0. The summed E-state index contributed by atoms with van der Waals surface area (Å²) in [5.41, 5.74) is 0. The SMILES string of the molecule is CC([O])CC[Si](C)(C)C. The van der Waals surface area contributed by atoms with Crippen LogP contribution in [0.4, 0.5) is 0 Å². The molecule has 0 rings (SSSR count). The van der Waals surface area contributed by atoms with E-state index in [0.717, 1.165) is 6.42 Å². The van der Waals surface area contributed by atoms with E-state index >= 15 is 0 Å². The van der Waals surface area contributed by atoms with E-state index in [2.05, 4.69) is 19.6 Å². The van der Waals surface area contributed by atoms with Crippen LogP contribution in [0.25, 0.3) is 0 Å². The summed E-state index contributed by atoms with van der Waals surface area (Å²) in [5.74, 6) is 0. The third-order valence-corrected chi connectivity index (χ3v) is 3.09. The van der Waals surface area contributed by atoms with Crippen molar-refractivity contribution in [1.29, 1.82) is 0 Å². The molecule has 0 aliphatic heterocycles. The lowest BCUT2D eigenvalue weighted by Crippen LogP contribution is -2.20. The fourth-order valence-corrected chi connectivity index (χ4v) is 1.91. The Kier molecular flexibility index (Phi) is 3.44. The van der Waals surface area contributed by atoms with Gasteiger partial charge in [-0.3, -0.25) is 0 Å². The fourth-order valence-electron chi connectivity index (χ4n) is 0.636. The maximum atomic E-state index is 10.6. The highest BCUT2D eigenvalue weighted by atomic mass is 28.3. The summed E-state index contributed by atoms with van der Waals surface area (Å²) >= 11 is 0. The van der Waals surface area contributed by atoms with Crippen LogP contribution in [0.2, 0.25) is 25.7 Å². The van der Waals surface area contributed by atoms with Gasteiger partial charge in [0.15, 0.2) is 0 Å². The highest BCUT2D eigenvalue weighted by Crippen LogP contribution is 2.12. The van der Waals surface area contributed by atoms with Gasteiger partial charge < -0.3 is 0 Å². The second kappa shape index (κ2) is 3.37. The van der Waals surface area contributed by atoms with Crippen LogP contribution < -0.4 is 0 Å². The molecule has 1 nitrogen and oxygen atoms in total. The molecule has 0 spiro atoms. The molecule has 0 heterocycles. The second-order valence-corrected chi connectivity index (χ2v) is 9.53. The molecule has 55 valence electrons. The van der Waals surface area contributed by atoms with E-state index in [-0.39, 0.29) is 6.10 Å². The van der Waals surface area contributed by atoms with Crippen molar-refractivity contribution in [3.8, 4) is 0 Å². The van der Waals surface area contributed by atoms with Crippen molar-refractivity contribution in [2.24, 2.45) is 0 Å². The lowest BCUT2D eigenvalue weighted by atomic mass is 10.3. The quantitative estimate of drug-likeness (QED) is 0.544. The molecule has 0 aliphatic carbocycles. The van der Waals surface area contributed by atoms with Crippen molar-refractivity contribution in [3.63, 3.8) is 0 Å². The number of hydrogen-bond donors (Lipinski definition) is 0. The van der Waals surface area contributed by atoms with Gasteiger partial charge in [0.25, 0.3) is 0 Å². The third kappa shape index (κ3) is 8.18. The third-order valence-electron chi connectivity index (χ3n) is 1.30. The molecule has 9 heavy (non-hydrogen) atoms. The standard InChI is InChI=1S/C7H17OSi/c1-7(8)5-6-9(2,3)4/h7H,5-6H2,1-4H3. The molecule has 0 fully saturated rings. The Morgan fingerprint density at radius 3 is 1.89 bits per heavy atom. The Bertz CT molecular complexity index is 73.5. The molecule has 0 N–H and O–H groups in total. The molecular formula is C7H17OSi. The van der Waals surface area contributed by atoms with Gasteiger partial charge in [-0.05, 0) is 13.3 Å². The highest BCUT2D eigenvalue weighted by molar-refractivity contribution is 6.76. The Morgan fingerprint density at radius 1 is 1.33 bits per heavy atom. The lowest BCUT2D eigenvalue weighted by Gasteiger charge is -2.15. The van der Waals surface area contributed by atoms with Crippen LogP contribution in [-0.4, -0.2) is 14.2 Å². The molecule has 1 unspecified atom stereocenters. The topological polar surface area (TPSA) is 19.9 Å². The average molecular weight is 145 g/mol. The normalized spacial score (nSPS) is 15.7. The molecule has 1 atom stereocenters. The minimum absolute atomic E-state index is 0.350. The van der Waals surface area contributed by atoms with Gasteiger partial charge in [-0.15, -0.1) is 0 Å². The van der Waals surface area contributed by atoms with Crippen molar-refractivity contribution >= 4 is 8.07 Å². The molecule has 0 aromatic rings. The first-order valence-corrected chi connectivity index (χ1v) is 7.28. The van der Waals surface area contributed by atoms with Gasteiger partial charge in [0.2, 0.25) is 0 Å². The summed E-state index contributed by atoms with van der Waals surface area (Å²) in [4.78, 5) is 0. The van der Waals surface area contributed by atoms with E-state index in [0.29, 0.717) is 0 Å². The molecule has 0 saturated heterocycles. The minimum atomic E-state index is -0.920. The molecular weight excluding hydrogens is 128 g/mol. The zero-order valence-electron chi connectivity index (χ0n) is 6.90. The molecule has 0 saturated carbocycles. The first-order valence-electron chi connectivity index (χ1n) is 3.57. The van der Waals surface area contributed by atoms with E-state index in [1.54, 1.807) is 6.92 Å². The first kappa shape index (κ1) is 9.18. The predicted molar refractivity (Wildman–Crippen MR) is 42.9 cm³/mol. The van der Waals surface area contributed by atoms with Gasteiger partial charge >= 0.3 is 0 Å². The van der Waals surface area contributed by atoms with Crippen LogP contribution in [0.1, 0.15) is 13.3 Å². The Morgan fingerprint density at radius 2 is 1.78 bits per heavy atom. The van der Waals surface area contributed by atoms with E-state index in [9.17, 15) is 5.11 Å². The van der Waals surface area contributed by atoms with E-state index < -0.39 is 8.07 Å². The number of rotatable bonds is 3. The van der Waals surface area contributed by atoms with Crippen LogP contribution in [0, 0.1) is 0 Å². The zero-order valence-corrected chi connectivity index (χ0v) is 7.90. The van der Waals surface area contributed by atoms with Crippen LogP contribution >= 0.6 is 0 Å². The molecule has 0 aromatic carbocycles.